The van der Waals surface area contributed by atoms with Gasteiger partial charge in [0.2, 0.25) is 0 Å². The van der Waals surface area contributed by atoms with Crippen molar-refractivity contribution >= 4 is 0 Å². The van der Waals surface area contributed by atoms with E-state index in [9.17, 15) is 0 Å². The van der Waals surface area contributed by atoms with Gasteiger partial charge >= 0.3 is 0 Å². The Kier molecular flexibility index (Phi) is 2.10. The Morgan fingerprint density at radius 2 is 2.06 bits per heavy atom. The second kappa shape index (κ2) is 3.38. The van der Waals surface area contributed by atoms with Gasteiger partial charge in [-0.3, -0.25) is 0 Å². The fourth-order valence-electron chi connectivity index (χ4n) is 3.18. The monoisotopic (exact) mass is 213 g/mol. The van der Waals surface area contributed by atoms with Crippen LogP contribution in [-0.4, -0.2) is 18.0 Å². The maximum Gasteiger partial charge on any atom is 0.0574 e. The lowest BCUT2D eigenvalue weighted by atomic mass is 9.82. The molecule has 1 heterocycles. The molecule has 2 aliphatic carbocycles. The number of nitrogens with zero attached hydrogens (tertiary/aromatic N) is 1. The van der Waals surface area contributed by atoms with Crippen LogP contribution in [0.2, 0.25) is 0 Å². The van der Waals surface area contributed by atoms with Crippen LogP contribution in [0.15, 0.2) is 47.2 Å². The zero-order valence-electron chi connectivity index (χ0n) is 10.3. The van der Waals surface area contributed by atoms with Crippen molar-refractivity contribution in [3.63, 3.8) is 0 Å². The predicted octanol–water partition coefficient (Wildman–Crippen LogP) is 3.28. The molecule has 0 saturated carbocycles. The highest BCUT2D eigenvalue weighted by Crippen LogP contribution is 2.43. The van der Waals surface area contributed by atoms with Gasteiger partial charge in [-0.25, -0.2) is 0 Å². The first kappa shape index (κ1) is 9.95. The Morgan fingerprint density at radius 3 is 2.88 bits per heavy atom. The van der Waals surface area contributed by atoms with Crippen molar-refractivity contribution in [2.75, 3.05) is 7.05 Å². The topological polar surface area (TPSA) is 3.24 Å². The van der Waals surface area contributed by atoms with E-state index in [1.165, 1.54) is 17.7 Å². The van der Waals surface area contributed by atoms with Crippen molar-refractivity contribution in [2.45, 2.75) is 26.3 Å². The minimum atomic E-state index is 0.559. The normalized spacial score (nSPS) is 36.3. The lowest BCUT2D eigenvalue weighted by Gasteiger charge is -2.26. The molecular formula is C15H19N. The Morgan fingerprint density at radius 1 is 1.25 bits per heavy atom. The Balaban J connectivity index is 2.03. The molecule has 3 unspecified atom stereocenters. The highest BCUT2D eigenvalue weighted by atomic mass is 15.2. The predicted molar refractivity (Wildman–Crippen MR) is 67.9 cm³/mol. The summed E-state index contributed by atoms with van der Waals surface area (Å²) in [4.78, 5) is 2.43. The third kappa shape index (κ3) is 1.31. The second-order valence-corrected chi connectivity index (χ2v) is 5.35. The molecular weight excluding hydrogens is 194 g/mol. The highest BCUT2D eigenvalue weighted by Gasteiger charge is 2.37. The molecule has 1 aliphatic heterocycles. The van der Waals surface area contributed by atoms with Gasteiger partial charge in [-0.1, -0.05) is 36.8 Å². The first-order chi connectivity index (χ1) is 7.66. The van der Waals surface area contributed by atoms with Gasteiger partial charge in [-0.2, -0.15) is 0 Å². The molecule has 0 spiro atoms. The van der Waals surface area contributed by atoms with Crippen LogP contribution in [0.1, 0.15) is 20.3 Å². The van der Waals surface area contributed by atoms with Crippen molar-refractivity contribution in [3.8, 4) is 0 Å². The van der Waals surface area contributed by atoms with E-state index in [1.807, 2.05) is 0 Å². The molecule has 0 aromatic rings. The maximum atomic E-state index is 2.44. The lowest BCUT2D eigenvalue weighted by molar-refractivity contribution is 0.362. The smallest absolute Gasteiger partial charge is 0.0574 e. The van der Waals surface area contributed by atoms with E-state index in [4.69, 9.17) is 0 Å². The summed E-state index contributed by atoms with van der Waals surface area (Å²) >= 11 is 0. The van der Waals surface area contributed by atoms with Crippen LogP contribution in [0.4, 0.5) is 0 Å². The molecule has 0 fully saturated rings. The van der Waals surface area contributed by atoms with Crippen LogP contribution in [0.5, 0.6) is 0 Å². The zero-order valence-corrected chi connectivity index (χ0v) is 10.3. The van der Waals surface area contributed by atoms with Gasteiger partial charge in [0.15, 0.2) is 0 Å². The summed E-state index contributed by atoms with van der Waals surface area (Å²) in [6, 6.07) is 0.559. The lowest BCUT2D eigenvalue weighted by Crippen LogP contribution is -2.29. The van der Waals surface area contributed by atoms with Crippen LogP contribution in [0, 0.1) is 11.8 Å². The van der Waals surface area contributed by atoms with Gasteiger partial charge in [0.25, 0.3) is 0 Å². The Labute approximate surface area is 97.8 Å². The van der Waals surface area contributed by atoms with Crippen molar-refractivity contribution < 1.29 is 0 Å². The van der Waals surface area contributed by atoms with E-state index in [-0.39, 0.29) is 0 Å². The van der Waals surface area contributed by atoms with E-state index >= 15 is 0 Å². The van der Waals surface area contributed by atoms with Crippen LogP contribution < -0.4 is 0 Å². The van der Waals surface area contributed by atoms with E-state index in [1.54, 1.807) is 5.57 Å². The molecule has 0 aromatic carbocycles. The van der Waals surface area contributed by atoms with E-state index in [0.717, 1.165) is 0 Å². The maximum absolute atomic E-state index is 2.44. The van der Waals surface area contributed by atoms with Gasteiger partial charge in [-0.05, 0) is 30.9 Å². The van der Waals surface area contributed by atoms with Crippen LogP contribution >= 0.6 is 0 Å². The third-order valence-corrected chi connectivity index (χ3v) is 4.05. The van der Waals surface area contributed by atoms with Gasteiger partial charge in [0.05, 0.1) is 6.04 Å². The van der Waals surface area contributed by atoms with E-state index in [2.05, 4.69) is 56.2 Å². The van der Waals surface area contributed by atoms with Crippen molar-refractivity contribution in [2.24, 2.45) is 11.8 Å². The molecule has 0 aromatic heterocycles. The third-order valence-electron chi connectivity index (χ3n) is 4.05. The summed E-state index contributed by atoms with van der Waals surface area (Å²) in [5.41, 5.74) is 4.51. The van der Waals surface area contributed by atoms with Gasteiger partial charge in [0, 0.05) is 18.7 Å². The number of fused-ring (bicyclic) bond motifs is 2. The highest BCUT2D eigenvalue weighted by molar-refractivity contribution is 5.44. The molecule has 1 nitrogen and oxygen atoms in total. The minimum Gasteiger partial charge on any atom is -0.367 e. The summed E-state index contributed by atoms with van der Waals surface area (Å²) in [5.74, 6) is 1.32. The fourth-order valence-corrected chi connectivity index (χ4v) is 3.18. The van der Waals surface area contributed by atoms with Gasteiger partial charge in [0.1, 0.15) is 0 Å². The zero-order chi connectivity index (χ0) is 11.3. The average molecular weight is 213 g/mol. The largest absolute Gasteiger partial charge is 0.367 e. The standard InChI is InChI=1S/C15H19N/c1-10-4-6-14-12(8-10)13-9-11(2)5-7-15(13)16(14)3/h4-8,11-12,14H,9H2,1-3H3. The second-order valence-electron chi connectivity index (χ2n) is 5.35. The molecule has 84 valence electrons. The van der Waals surface area contributed by atoms with Crippen molar-refractivity contribution in [3.05, 3.63) is 47.2 Å². The Bertz CT molecular complexity index is 436. The number of hydrogen-bond acceptors (Lipinski definition) is 1. The fraction of sp³-hybridized carbons (Fsp3) is 0.467. The van der Waals surface area contributed by atoms with E-state index in [0.29, 0.717) is 17.9 Å². The molecule has 3 rings (SSSR count). The molecule has 0 N–H and O–H groups in total. The summed E-state index contributed by atoms with van der Waals surface area (Å²) in [6.07, 6.45) is 12.9. The summed E-state index contributed by atoms with van der Waals surface area (Å²) in [6.45, 7) is 4.51. The van der Waals surface area contributed by atoms with Gasteiger partial charge in [-0.15, -0.1) is 0 Å². The first-order valence-electron chi connectivity index (χ1n) is 6.17. The number of allylic oxidation sites excluding steroid dienone is 4. The molecule has 0 bridgehead atoms. The molecule has 1 heteroatoms. The average Bonchev–Trinajstić information content (AvgIpc) is 2.52. The quantitative estimate of drug-likeness (QED) is 0.597. The number of rotatable bonds is 0. The summed E-state index contributed by atoms with van der Waals surface area (Å²) in [5, 5.41) is 0. The molecule has 0 saturated heterocycles. The summed E-state index contributed by atoms with van der Waals surface area (Å²) < 4.78 is 0. The number of hydrogen-bond donors (Lipinski definition) is 0. The molecule has 3 atom stereocenters. The van der Waals surface area contributed by atoms with Crippen molar-refractivity contribution in [1.82, 2.24) is 4.90 Å². The Hall–Kier alpha value is -1.24. The minimum absolute atomic E-state index is 0.559. The molecule has 3 aliphatic rings. The van der Waals surface area contributed by atoms with Crippen LogP contribution in [-0.2, 0) is 0 Å². The molecule has 16 heavy (non-hydrogen) atoms. The first-order valence-corrected chi connectivity index (χ1v) is 6.17. The van der Waals surface area contributed by atoms with Crippen LogP contribution in [0.3, 0.4) is 0 Å². The van der Waals surface area contributed by atoms with E-state index < -0.39 is 0 Å². The molecule has 0 radical (unpaired) electrons. The molecule has 0 amide bonds. The summed E-state index contributed by atoms with van der Waals surface area (Å²) in [7, 11) is 2.22. The van der Waals surface area contributed by atoms with Gasteiger partial charge < -0.3 is 4.90 Å². The SMILES string of the molecule is CC1=CC2C3=C(C=CC(C)C3)N(C)C2C=C1. The van der Waals surface area contributed by atoms with Crippen LogP contribution in [0.25, 0.3) is 0 Å². The number of likely N-dealkylation sites (N-methyl/N-ethyl adjacent to an activating group) is 1. The van der Waals surface area contributed by atoms with Crippen molar-refractivity contribution in [1.29, 1.82) is 0 Å².